The first-order valence-corrected chi connectivity index (χ1v) is 6.27. The number of nitrogens with zero attached hydrogens (tertiary/aromatic N) is 2. The summed E-state index contributed by atoms with van der Waals surface area (Å²) in [6, 6.07) is 5.50. The van der Waals surface area contributed by atoms with E-state index in [9.17, 15) is 0 Å². The summed E-state index contributed by atoms with van der Waals surface area (Å²) in [6.45, 7) is 3.86. The second kappa shape index (κ2) is 4.89. The summed E-state index contributed by atoms with van der Waals surface area (Å²) in [7, 11) is 0. The number of hydrogen-bond acceptors (Lipinski definition) is 5. The standard InChI is InChI=1S/C11H12ClN3OS/c1-6-5-8(12)3-4-9(6)16-7(2)10-14-15-11(13)17-10/h3-5,7H,1-2H3,(H2,13,15)/t7-/m1/s1. The number of anilines is 1. The quantitative estimate of drug-likeness (QED) is 0.929. The van der Waals surface area contributed by atoms with Crippen molar-refractivity contribution in [2.75, 3.05) is 5.73 Å². The van der Waals surface area contributed by atoms with E-state index in [1.165, 1.54) is 11.3 Å². The van der Waals surface area contributed by atoms with Crippen molar-refractivity contribution in [2.24, 2.45) is 0 Å². The van der Waals surface area contributed by atoms with E-state index >= 15 is 0 Å². The van der Waals surface area contributed by atoms with Crippen LogP contribution in [0.25, 0.3) is 0 Å². The molecule has 0 bridgehead atoms. The van der Waals surface area contributed by atoms with Crippen LogP contribution in [0.2, 0.25) is 5.02 Å². The molecular weight excluding hydrogens is 258 g/mol. The predicted octanol–water partition coefficient (Wildman–Crippen LogP) is 3.22. The number of ether oxygens (including phenoxy) is 1. The Hall–Kier alpha value is -1.33. The van der Waals surface area contributed by atoms with E-state index in [0.717, 1.165) is 16.3 Å². The Morgan fingerprint density at radius 2 is 2.18 bits per heavy atom. The lowest BCUT2D eigenvalue weighted by Gasteiger charge is -2.13. The Morgan fingerprint density at radius 3 is 2.76 bits per heavy atom. The molecule has 6 heteroatoms. The zero-order valence-corrected chi connectivity index (χ0v) is 11.0. The van der Waals surface area contributed by atoms with Crippen LogP contribution in [0.15, 0.2) is 18.2 Å². The van der Waals surface area contributed by atoms with Crippen LogP contribution >= 0.6 is 22.9 Å². The SMILES string of the molecule is Cc1cc(Cl)ccc1O[C@H](C)c1nnc(N)s1. The number of aryl methyl sites for hydroxylation is 1. The van der Waals surface area contributed by atoms with E-state index in [4.69, 9.17) is 22.1 Å². The smallest absolute Gasteiger partial charge is 0.203 e. The molecule has 0 aliphatic carbocycles. The van der Waals surface area contributed by atoms with Crippen molar-refractivity contribution >= 4 is 28.1 Å². The summed E-state index contributed by atoms with van der Waals surface area (Å²) < 4.78 is 5.79. The largest absolute Gasteiger partial charge is 0.483 e. The molecule has 90 valence electrons. The van der Waals surface area contributed by atoms with Gasteiger partial charge in [-0.2, -0.15) is 0 Å². The minimum Gasteiger partial charge on any atom is -0.483 e. The lowest BCUT2D eigenvalue weighted by atomic mass is 10.2. The fourth-order valence-corrected chi connectivity index (χ4v) is 2.22. The third-order valence-corrected chi connectivity index (χ3v) is 3.39. The maximum Gasteiger partial charge on any atom is 0.203 e. The van der Waals surface area contributed by atoms with E-state index in [0.29, 0.717) is 10.2 Å². The molecule has 0 radical (unpaired) electrons. The minimum absolute atomic E-state index is 0.176. The maximum absolute atomic E-state index is 5.88. The lowest BCUT2D eigenvalue weighted by molar-refractivity contribution is 0.224. The van der Waals surface area contributed by atoms with Crippen LogP contribution in [-0.2, 0) is 0 Å². The number of rotatable bonds is 3. The van der Waals surface area contributed by atoms with E-state index in [1.54, 1.807) is 6.07 Å². The minimum atomic E-state index is -0.176. The topological polar surface area (TPSA) is 61.0 Å². The first kappa shape index (κ1) is 12.1. The predicted molar refractivity (Wildman–Crippen MR) is 69.6 cm³/mol. The molecule has 0 spiro atoms. The van der Waals surface area contributed by atoms with Crippen molar-refractivity contribution in [1.82, 2.24) is 10.2 Å². The van der Waals surface area contributed by atoms with E-state index in [-0.39, 0.29) is 6.10 Å². The van der Waals surface area contributed by atoms with Crippen LogP contribution < -0.4 is 10.5 Å². The van der Waals surface area contributed by atoms with Gasteiger partial charge in [0.15, 0.2) is 5.01 Å². The van der Waals surface area contributed by atoms with Crippen LogP contribution in [0.5, 0.6) is 5.75 Å². The molecule has 1 heterocycles. The molecule has 0 saturated carbocycles. The molecule has 0 amide bonds. The number of halogens is 1. The van der Waals surface area contributed by atoms with Crippen LogP contribution in [0.4, 0.5) is 5.13 Å². The average Bonchev–Trinajstić information content (AvgIpc) is 2.69. The monoisotopic (exact) mass is 269 g/mol. The van der Waals surface area contributed by atoms with E-state index < -0.39 is 0 Å². The zero-order chi connectivity index (χ0) is 12.4. The summed E-state index contributed by atoms with van der Waals surface area (Å²) in [5, 5.41) is 9.62. The Morgan fingerprint density at radius 1 is 1.41 bits per heavy atom. The van der Waals surface area contributed by atoms with Crippen LogP contribution in [0, 0.1) is 6.92 Å². The Labute approximate surface area is 108 Å². The van der Waals surface area contributed by atoms with Gasteiger partial charge >= 0.3 is 0 Å². The third-order valence-electron chi connectivity index (χ3n) is 2.24. The van der Waals surface area contributed by atoms with Crippen molar-refractivity contribution < 1.29 is 4.74 Å². The van der Waals surface area contributed by atoms with Crippen molar-refractivity contribution in [1.29, 1.82) is 0 Å². The van der Waals surface area contributed by atoms with Gasteiger partial charge in [0.2, 0.25) is 5.13 Å². The van der Waals surface area contributed by atoms with Crippen molar-refractivity contribution in [3.05, 3.63) is 33.8 Å². The number of nitrogen functional groups attached to an aromatic ring is 1. The summed E-state index contributed by atoms with van der Waals surface area (Å²) in [4.78, 5) is 0. The molecule has 0 aliphatic rings. The van der Waals surface area contributed by atoms with Crippen LogP contribution in [0.1, 0.15) is 23.6 Å². The average molecular weight is 270 g/mol. The molecule has 2 aromatic rings. The molecule has 4 nitrogen and oxygen atoms in total. The van der Waals surface area contributed by atoms with Crippen LogP contribution in [-0.4, -0.2) is 10.2 Å². The van der Waals surface area contributed by atoms with Gasteiger partial charge < -0.3 is 10.5 Å². The molecular formula is C11H12ClN3OS. The van der Waals surface area contributed by atoms with Crippen molar-refractivity contribution in [3.8, 4) is 5.75 Å². The molecule has 1 atom stereocenters. The highest BCUT2D eigenvalue weighted by Crippen LogP contribution is 2.28. The molecule has 0 aliphatic heterocycles. The normalized spacial score (nSPS) is 12.4. The Balaban J connectivity index is 2.15. The fourth-order valence-electron chi connectivity index (χ4n) is 1.40. The van der Waals surface area contributed by atoms with Gasteiger partial charge in [0, 0.05) is 5.02 Å². The summed E-state index contributed by atoms with van der Waals surface area (Å²) in [5.74, 6) is 0.788. The molecule has 2 rings (SSSR count). The fraction of sp³-hybridized carbons (Fsp3) is 0.273. The number of benzene rings is 1. The maximum atomic E-state index is 5.88. The molecule has 17 heavy (non-hydrogen) atoms. The first-order valence-electron chi connectivity index (χ1n) is 5.08. The summed E-state index contributed by atoms with van der Waals surface area (Å²) >= 11 is 7.21. The third kappa shape index (κ3) is 2.87. The van der Waals surface area contributed by atoms with Gasteiger partial charge in [-0.25, -0.2) is 0 Å². The van der Waals surface area contributed by atoms with Crippen LogP contribution in [0.3, 0.4) is 0 Å². The molecule has 1 aromatic carbocycles. The molecule has 0 saturated heterocycles. The highest BCUT2D eigenvalue weighted by Gasteiger charge is 2.13. The van der Waals surface area contributed by atoms with Crippen molar-refractivity contribution in [3.63, 3.8) is 0 Å². The number of nitrogens with two attached hydrogens (primary N) is 1. The highest BCUT2D eigenvalue weighted by molar-refractivity contribution is 7.15. The summed E-state index contributed by atoms with van der Waals surface area (Å²) in [6.07, 6.45) is -0.176. The van der Waals surface area contributed by atoms with Gasteiger partial charge in [0.25, 0.3) is 0 Å². The highest BCUT2D eigenvalue weighted by atomic mass is 35.5. The van der Waals surface area contributed by atoms with Gasteiger partial charge in [-0.05, 0) is 37.6 Å². The van der Waals surface area contributed by atoms with Crippen molar-refractivity contribution in [2.45, 2.75) is 20.0 Å². The zero-order valence-electron chi connectivity index (χ0n) is 9.48. The van der Waals surface area contributed by atoms with Gasteiger partial charge in [-0.1, -0.05) is 22.9 Å². The van der Waals surface area contributed by atoms with E-state index in [2.05, 4.69) is 10.2 Å². The molecule has 0 unspecified atom stereocenters. The number of hydrogen-bond donors (Lipinski definition) is 1. The molecule has 0 fully saturated rings. The molecule has 2 N–H and O–H groups in total. The van der Waals surface area contributed by atoms with Gasteiger partial charge in [-0.15, -0.1) is 10.2 Å². The Bertz CT molecular complexity index is 529. The second-order valence-corrected chi connectivity index (χ2v) is 5.13. The van der Waals surface area contributed by atoms with Gasteiger partial charge in [0.05, 0.1) is 0 Å². The summed E-state index contributed by atoms with van der Waals surface area (Å²) in [5.41, 5.74) is 6.52. The Kier molecular flexibility index (Phi) is 3.49. The van der Waals surface area contributed by atoms with Gasteiger partial charge in [0.1, 0.15) is 11.9 Å². The van der Waals surface area contributed by atoms with Gasteiger partial charge in [-0.3, -0.25) is 0 Å². The number of aromatic nitrogens is 2. The molecule has 1 aromatic heterocycles. The second-order valence-electron chi connectivity index (χ2n) is 3.65. The first-order chi connectivity index (χ1) is 8.06. The van der Waals surface area contributed by atoms with E-state index in [1.807, 2.05) is 26.0 Å². The lowest BCUT2D eigenvalue weighted by Crippen LogP contribution is -2.03.